The molecular weight excluding hydrogens is 240 g/mol. The Morgan fingerprint density at radius 1 is 1.32 bits per heavy atom. The van der Waals surface area contributed by atoms with Crippen LogP contribution in [0, 0.1) is 6.92 Å². The van der Waals surface area contributed by atoms with Crippen molar-refractivity contribution in [3.8, 4) is 0 Å². The van der Waals surface area contributed by atoms with Crippen molar-refractivity contribution in [1.82, 2.24) is 9.88 Å². The predicted molar refractivity (Wildman–Crippen MR) is 70.6 cm³/mol. The first-order valence-corrected chi connectivity index (χ1v) is 6.50. The summed E-state index contributed by atoms with van der Waals surface area (Å²) < 4.78 is 5.44. The molecule has 1 fully saturated rings. The molecule has 2 aromatic rings. The average Bonchev–Trinajstić information content (AvgIpc) is 3.18. The monoisotopic (exact) mass is 256 g/mol. The number of furan rings is 1. The topological polar surface area (TPSA) is 46.3 Å². The minimum absolute atomic E-state index is 0.0209. The van der Waals surface area contributed by atoms with Crippen LogP contribution in [0.15, 0.2) is 41.1 Å². The molecule has 0 unspecified atom stereocenters. The van der Waals surface area contributed by atoms with Crippen molar-refractivity contribution >= 4 is 5.91 Å². The molecule has 3 rings (SSSR count). The lowest BCUT2D eigenvalue weighted by atomic mass is 10.2. The van der Waals surface area contributed by atoms with Gasteiger partial charge in [0.15, 0.2) is 5.76 Å². The maximum Gasteiger partial charge on any atom is 0.290 e. The Bertz CT molecular complexity index is 573. The summed E-state index contributed by atoms with van der Waals surface area (Å²) in [5, 5.41) is 0. The van der Waals surface area contributed by atoms with Crippen LogP contribution in [-0.2, 0) is 6.54 Å². The van der Waals surface area contributed by atoms with Crippen LogP contribution < -0.4 is 0 Å². The summed E-state index contributed by atoms with van der Waals surface area (Å²) in [5.41, 5.74) is 1.10. The molecule has 4 heteroatoms. The second-order valence-electron chi connectivity index (χ2n) is 4.93. The average molecular weight is 256 g/mol. The molecule has 0 radical (unpaired) electrons. The summed E-state index contributed by atoms with van der Waals surface area (Å²) in [6.07, 6.45) is 5.66. The summed E-state index contributed by atoms with van der Waals surface area (Å²) in [6, 6.07) is 7.81. The van der Waals surface area contributed by atoms with Crippen LogP contribution in [-0.4, -0.2) is 21.8 Å². The van der Waals surface area contributed by atoms with Crippen LogP contribution in [0.5, 0.6) is 0 Å². The van der Waals surface area contributed by atoms with E-state index in [1.807, 2.05) is 30.0 Å². The third-order valence-corrected chi connectivity index (χ3v) is 3.30. The van der Waals surface area contributed by atoms with E-state index in [1.54, 1.807) is 18.5 Å². The molecule has 0 aliphatic heterocycles. The van der Waals surface area contributed by atoms with E-state index >= 15 is 0 Å². The highest BCUT2D eigenvalue weighted by molar-refractivity contribution is 5.92. The number of aryl methyl sites for hydroxylation is 1. The van der Waals surface area contributed by atoms with E-state index in [0.717, 1.165) is 24.2 Å². The Kier molecular flexibility index (Phi) is 3.07. The number of rotatable bonds is 4. The van der Waals surface area contributed by atoms with Gasteiger partial charge in [-0.1, -0.05) is 0 Å². The Hall–Kier alpha value is -2.10. The van der Waals surface area contributed by atoms with Gasteiger partial charge in [0.05, 0.1) is 0 Å². The van der Waals surface area contributed by atoms with Gasteiger partial charge in [-0.2, -0.15) is 0 Å². The Labute approximate surface area is 112 Å². The summed E-state index contributed by atoms with van der Waals surface area (Å²) in [6.45, 7) is 2.47. The molecule has 1 aliphatic carbocycles. The highest BCUT2D eigenvalue weighted by atomic mass is 16.3. The highest BCUT2D eigenvalue weighted by Crippen LogP contribution is 2.30. The number of aromatic nitrogens is 1. The molecule has 0 saturated heterocycles. The molecule has 2 heterocycles. The van der Waals surface area contributed by atoms with Crippen molar-refractivity contribution in [3.63, 3.8) is 0 Å². The van der Waals surface area contributed by atoms with Crippen molar-refractivity contribution in [2.24, 2.45) is 0 Å². The van der Waals surface area contributed by atoms with Crippen LogP contribution in [0.1, 0.15) is 34.7 Å². The molecule has 0 atom stereocenters. The van der Waals surface area contributed by atoms with Crippen molar-refractivity contribution in [2.45, 2.75) is 32.4 Å². The van der Waals surface area contributed by atoms with Gasteiger partial charge in [-0.05, 0) is 49.6 Å². The first kappa shape index (κ1) is 12.0. The standard InChI is InChI=1S/C15H16N2O2/c1-11-2-5-14(19-11)15(18)17(13-3-4-13)10-12-6-8-16-9-7-12/h2,5-9,13H,3-4,10H2,1H3. The minimum Gasteiger partial charge on any atom is -0.456 e. The van der Waals surface area contributed by atoms with Crippen molar-refractivity contribution in [3.05, 3.63) is 53.7 Å². The number of amides is 1. The van der Waals surface area contributed by atoms with Crippen LogP contribution in [0.3, 0.4) is 0 Å². The molecule has 2 aromatic heterocycles. The second-order valence-corrected chi connectivity index (χ2v) is 4.93. The molecule has 0 spiro atoms. The molecule has 0 N–H and O–H groups in total. The fourth-order valence-electron chi connectivity index (χ4n) is 2.13. The van der Waals surface area contributed by atoms with Crippen molar-refractivity contribution in [2.75, 3.05) is 0 Å². The van der Waals surface area contributed by atoms with Gasteiger partial charge in [0.2, 0.25) is 0 Å². The summed E-state index contributed by atoms with van der Waals surface area (Å²) in [5.74, 6) is 1.17. The number of hydrogen-bond donors (Lipinski definition) is 0. The summed E-state index contributed by atoms with van der Waals surface area (Å²) in [4.78, 5) is 18.4. The Morgan fingerprint density at radius 3 is 2.63 bits per heavy atom. The second kappa shape index (κ2) is 4.88. The largest absolute Gasteiger partial charge is 0.456 e. The summed E-state index contributed by atoms with van der Waals surface area (Å²) in [7, 11) is 0. The van der Waals surface area contributed by atoms with Gasteiger partial charge in [0, 0.05) is 25.0 Å². The maximum absolute atomic E-state index is 12.5. The van der Waals surface area contributed by atoms with E-state index in [4.69, 9.17) is 4.42 Å². The normalized spacial score (nSPS) is 14.4. The van der Waals surface area contributed by atoms with Crippen LogP contribution in [0.25, 0.3) is 0 Å². The fraction of sp³-hybridized carbons (Fsp3) is 0.333. The summed E-state index contributed by atoms with van der Waals surface area (Å²) >= 11 is 0. The zero-order valence-corrected chi connectivity index (χ0v) is 10.9. The fourth-order valence-corrected chi connectivity index (χ4v) is 2.13. The zero-order valence-electron chi connectivity index (χ0n) is 10.9. The van der Waals surface area contributed by atoms with Gasteiger partial charge < -0.3 is 9.32 Å². The van der Waals surface area contributed by atoms with E-state index in [9.17, 15) is 4.79 Å². The molecule has 1 aliphatic rings. The van der Waals surface area contributed by atoms with Gasteiger partial charge in [0.25, 0.3) is 5.91 Å². The molecule has 0 bridgehead atoms. The van der Waals surface area contributed by atoms with Crippen LogP contribution in [0.4, 0.5) is 0 Å². The van der Waals surface area contributed by atoms with Crippen LogP contribution >= 0.6 is 0 Å². The molecule has 1 saturated carbocycles. The van der Waals surface area contributed by atoms with Gasteiger partial charge in [-0.25, -0.2) is 0 Å². The Morgan fingerprint density at radius 2 is 2.05 bits per heavy atom. The highest BCUT2D eigenvalue weighted by Gasteiger charge is 2.34. The molecule has 19 heavy (non-hydrogen) atoms. The lowest BCUT2D eigenvalue weighted by molar-refractivity contribution is 0.0696. The van der Waals surface area contributed by atoms with Gasteiger partial charge >= 0.3 is 0 Å². The van der Waals surface area contributed by atoms with E-state index in [0.29, 0.717) is 18.3 Å². The quantitative estimate of drug-likeness (QED) is 0.845. The van der Waals surface area contributed by atoms with Gasteiger partial charge in [-0.3, -0.25) is 9.78 Å². The molecule has 98 valence electrons. The first-order chi connectivity index (χ1) is 9.24. The van der Waals surface area contributed by atoms with E-state index in [1.165, 1.54) is 0 Å². The van der Waals surface area contributed by atoms with Gasteiger partial charge in [-0.15, -0.1) is 0 Å². The predicted octanol–water partition coefficient (Wildman–Crippen LogP) is 2.79. The smallest absolute Gasteiger partial charge is 0.290 e. The van der Waals surface area contributed by atoms with E-state index < -0.39 is 0 Å². The number of carbonyl (C=O) groups is 1. The molecular formula is C15H16N2O2. The van der Waals surface area contributed by atoms with Crippen molar-refractivity contribution < 1.29 is 9.21 Å². The van der Waals surface area contributed by atoms with Gasteiger partial charge in [0.1, 0.15) is 5.76 Å². The Balaban J connectivity index is 1.79. The molecule has 1 amide bonds. The number of hydrogen-bond acceptors (Lipinski definition) is 3. The first-order valence-electron chi connectivity index (χ1n) is 6.50. The number of carbonyl (C=O) groups excluding carboxylic acids is 1. The number of pyridine rings is 1. The SMILES string of the molecule is Cc1ccc(C(=O)N(Cc2ccncc2)C2CC2)o1. The third-order valence-electron chi connectivity index (χ3n) is 3.30. The molecule has 4 nitrogen and oxygen atoms in total. The zero-order chi connectivity index (χ0) is 13.2. The lowest BCUT2D eigenvalue weighted by Crippen LogP contribution is -2.32. The van der Waals surface area contributed by atoms with Crippen molar-refractivity contribution in [1.29, 1.82) is 0 Å². The van der Waals surface area contributed by atoms with E-state index in [2.05, 4.69) is 4.98 Å². The minimum atomic E-state index is -0.0209. The lowest BCUT2D eigenvalue weighted by Gasteiger charge is -2.21. The van der Waals surface area contributed by atoms with E-state index in [-0.39, 0.29) is 5.91 Å². The number of nitrogens with zero attached hydrogens (tertiary/aromatic N) is 2. The third kappa shape index (κ3) is 2.67. The maximum atomic E-state index is 12.5. The van der Waals surface area contributed by atoms with Crippen LogP contribution in [0.2, 0.25) is 0 Å². The molecule has 0 aromatic carbocycles.